The van der Waals surface area contributed by atoms with Gasteiger partial charge in [-0.2, -0.15) is 5.11 Å². The van der Waals surface area contributed by atoms with Crippen LogP contribution in [0.1, 0.15) is 25.8 Å². The van der Waals surface area contributed by atoms with Crippen LogP contribution in [0.15, 0.2) is 34.2 Å². The quantitative estimate of drug-likeness (QED) is 0.404. The molecule has 2 radical (unpaired) electrons. The first-order valence-corrected chi connectivity index (χ1v) is 6.84. The topological polar surface area (TPSA) is 34.0 Å². The molecule has 0 fully saturated rings. The Kier molecular flexibility index (Phi) is 6.49. The van der Waals surface area contributed by atoms with Crippen molar-refractivity contribution in [2.75, 3.05) is 6.61 Å². The molecule has 3 nitrogen and oxygen atoms in total. The van der Waals surface area contributed by atoms with E-state index in [-0.39, 0.29) is 0 Å². The lowest BCUT2D eigenvalue weighted by molar-refractivity contribution is 0.336. The fourth-order valence-electron chi connectivity index (χ4n) is 1.25. The van der Waals surface area contributed by atoms with E-state index in [0.717, 1.165) is 17.4 Å². The molecule has 0 saturated carbocycles. The summed E-state index contributed by atoms with van der Waals surface area (Å²) < 4.78 is 9.67. The molecule has 0 N–H and O–H groups in total. The molecule has 4 heteroatoms. The van der Waals surface area contributed by atoms with Gasteiger partial charge in [0, 0.05) is 5.56 Å². The van der Waals surface area contributed by atoms with Crippen LogP contribution in [0, 0.1) is 0 Å². The number of para-hydroxylation sites is 1. The summed E-state index contributed by atoms with van der Waals surface area (Å²) in [5, 5.41) is 4.18. The Morgan fingerprint density at radius 1 is 1.25 bits per heavy atom. The summed E-state index contributed by atoms with van der Waals surface area (Å²) in [4.78, 5) is 0. The van der Waals surface area contributed by atoms with E-state index >= 15 is 0 Å². The van der Waals surface area contributed by atoms with E-state index in [4.69, 9.17) is 4.74 Å². The maximum Gasteiger partial charge on any atom is 0.241 e. The first-order valence-electron chi connectivity index (χ1n) is 5.68. The Morgan fingerprint density at radius 3 is 2.81 bits per heavy atom. The number of nitrogens with zero attached hydrogens (tertiary/aromatic N) is 2. The molecule has 1 aromatic rings. The molecule has 0 amide bonds. The van der Waals surface area contributed by atoms with Gasteiger partial charge in [0.05, 0.1) is 13.2 Å². The van der Waals surface area contributed by atoms with Gasteiger partial charge in [0.1, 0.15) is 5.75 Å². The van der Waals surface area contributed by atoms with Crippen molar-refractivity contribution in [2.45, 2.75) is 32.9 Å². The third-order valence-corrected chi connectivity index (χ3v) is 3.02. The molecule has 1 rings (SSSR count). The standard InChI is InChI=1S/C12H18N2OSi/c1-3-9-16-14-13-10-11-7-5-6-8-12(11)15-4-2/h5-8H,3-4,9-10H2,1-2H3. The van der Waals surface area contributed by atoms with E-state index in [9.17, 15) is 0 Å². The van der Waals surface area contributed by atoms with Gasteiger partial charge in [-0.1, -0.05) is 31.5 Å². The largest absolute Gasteiger partial charge is 0.494 e. The van der Waals surface area contributed by atoms with Crippen LogP contribution in [-0.4, -0.2) is 16.3 Å². The zero-order valence-electron chi connectivity index (χ0n) is 9.94. The van der Waals surface area contributed by atoms with Gasteiger partial charge < -0.3 is 4.74 Å². The van der Waals surface area contributed by atoms with Gasteiger partial charge in [-0.05, 0) is 19.0 Å². The van der Waals surface area contributed by atoms with Gasteiger partial charge >= 0.3 is 0 Å². The molecular weight excluding hydrogens is 216 g/mol. The first-order chi connectivity index (χ1) is 7.88. The molecular formula is C12H18N2OSi. The monoisotopic (exact) mass is 234 g/mol. The van der Waals surface area contributed by atoms with Crippen molar-refractivity contribution in [3.05, 3.63) is 29.8 Å². The molecule has 0 aliphatic heterocycles. The number of hydrogen-bond acceptors (Lipinski definition) is 3. The predicted octanol–water partition coefficient (Wildman–Crippen LogP) is 3.49. The summed E-state index contributed by atoms with van der Waals surface area (Å²) in [5.74, 6) is 0.919. The summed E-state index contributed by atoms with van der Waals surface area (Å²) in [5.41, 5.74) is 1.11. The summed E-state index contributed by atoms with van der Waals surface area (Å²) in [6.07, 6.45) is 1.17. The van der Waals surface area contributed by atoms with Gasteiger partial charge in [-0.15, -0.1) is 0 Å². The molecule has 0 aromatic heterocycles. The minimum atomic E-state index is 0.599. The van der Waals surface area contributed by atoms with E-state index in [0.29, 0.717) is 22.8 Å². The van der Waals surface area contributed by atoms with E-state index < -0.39 is 0 Å². The lowest BCUT2D eigenvalue weighted by atomic mass is 10.2. The highest BCUT2D eigenvalue weighted by Gasteiger charge is 2.00. The molecule has 0 saturated heterocycles. The van der Waals surface area contributed by atoms with Crippen LogP contribution in [-0.2, 0) is 6.54 Å². The predicted molar refractivity (Wildman–Crippen MR) is 67.0 cm³/mol. The van der Waals surface area contributed by atoms with Crippen molar-refractivity contribution in [1.82, 2.24) is 0 Å². The molecule has 1 aromatic carbocycles. The minimum Gasteiger partial charge on any atom is -0.494 e. The van der Waals surface area contributed by atoms with Crippen molar-refractivity contribution in [3.8, 4) is 5.75 Å². The molecule has 86 valence electrons. The zero-order chi connectivity index (χ0) is 11.6. The van der Waals surface area contributed by atoms with Gasteiger partial charge in [-0.25, -0.2) is 4.78 Å². The number of ether oxygens (including phenoxy) is 1. The molecule has 0 spiro atoms. The van der Waals surface area contributed by atoms with Crippen molar-refractivity contribution in [2.24, 2.45) is 9.89 Å². The Labute approximate surface area is 99.8 Å². The average molecular weight is 234 g/mol. The highest BCUT2D eigenvalue weighted by molar-refractivity contribution is 6.32. The van der Waals surface area contributed by atoms with Gasteiger partial charge in [0.15, 0.2) is 0 Å². The Morgan fingerprint density at radius 2 is 2.06 bits per heavy atom. The highest BCUT2D eigenvalue weighted by atomic mass is 28.2. The van der Waals surface area contributed by atoms with Crippen molar-refractivity contribution < 1.29 is 4.74 Å². The van der Waals surface area contributed by atoms with Gasteiger partial charge in [0.25, 0.3) is 0 Å². The van der Waals surface area contributed by atoms with E-state index in [1.165, 1.54) is 6.42 Å². The van der Waals surface area contributed by atoms with E-state index in [1.54, 1.807) is 0 Å². The molecule has 0 atom stereocenters. The summed E-state index contributed by atoms with van der Waals surface area (Å²) in [6.45, 7) is 5.45. The SMILES string of the molecule is CCC[Si]N=NCc1ccccc1OCC. The third-order valence-electron chi connectivity index (χ3n) is 2.02. The smallest absolute Gasteiger partial charge is 0.241 e. The summed E-state index contributed by atoms with van der Waals surface area (Å²) in [7, 11) is 0.599. The minimum absolute atomic E-state index is 0.599. The fourth-order valence-corrected chi connectivity index (χ4v) is 1.75. The van der Waals surface area contributed by atoms with Gasteiger partial charge in [0.2, 0.25) is 9.68 Å². The van der Waals surface area contributed by atoms with Crippen LogP contribution in [0.3, 0.4) is 0 Å². The molecule has 0 heterocycles. The molecule has 0 bridgehead atoms. The Bertz CT molecular complexity index is 329. The maximum atomic E-state index is 5.52. The maximum absolute atomic E-state index is 5.52. The van der Waals surface area contributed by atoms with Crippen LogP contribution in [0.4, 0.5) is 0 Å². The van der Waals surface area contributed by atoms with Crippen LogP contribution >= 0.6 is 0 Å². The highest BCUT2D eigenvalue weighted by Crippen LogP contribution is 2.18. The summed E-state index contributed by atoms with van der Waals surface area (Å²) in [6, 6.07) is 9.12. The van der Waals surface area contributed by atoms with Crippen LogP contribution in [0.5, 0.6) is 5.75 Å². The van der Waals surface area contributed by atoms with Crippen LogP contribution in [0.2, 0.25) is 6.04 Å². The van der Waals surface area contributed by atoms with Crippen LogP contribution < -0.4 is 4.74 Å². The summed E-state index contributed by atoms with van der Waals surface area (Å²) >= 11 is 0. The van der Waals surface area contributed by atoms with Crippen molar-refractivity contribution in [3.63, 3.8) is 0 Å². The van der Waals surface area contributed by atoms with E-state index in [1.807, 2.05) is 31.2 Å². The van der Waals surface area contributed by atoms with Crippen molar-refractivity contribution >= 4 is 9.68 Å². The Hall–Kier alpha value is -1.16. The van der Waals surface area contributed by atoms with Crippen molar-refractivity contribution in [1.29, 1.82) is 0 Å². The normalized spacial score (nSPS) is 10.9. The molecule has 0 aliphatic carbocycles. The lowest BCUT2D eigenvalue weighted by Crippen LogP contribution is -1.95. The van der Waals surface area contributed by atoms with Crippen LogP contribution in [0.25, 0.3) is 0 Å². The van der Waals surface area contributed by atoms with E-state index in [2.05, 4.69) is 16.8 Å². The number of rotatable bonds is 7. The fraction of sp³-hybridized carbons (Fsp3) is 0.500. The number of hydrogen-bond donors (Lipinski definition) is 0. The Balaban J connectivity index is 2.48. The first kappa shape index (κ1) is 12.9. The second-order valence-electron chi connectivity index (χ2n) is 3.35. The molecule has 16 heavy (non-hydrogen) atoms. The number of benzene rings is 1. The molecule has 0 unspecified atom stereocenters. The third kappa shape index (κ3) is 4.57. The van der Waals surface area contributed by atoms with Gasteiger partial charge in [-0.3, -0.25) is 0 Å². The lowest BCUT2D eigenvalue weighted by Gasteiger charge is -2.06. The second kappa shape index (κ2) is 8.04. The second-order valence-corrected chi connectivity index (χ2v) is 4.36. The average Bonchev–Trinajstić information content (AvgIpc) is 2.31. The zero-order valence-corrected chi connectivity index (χ0v) is 10.9. The molecule has 0 aliphatic rings.